The third-order valence-electron chi connectivity index (χ3n) is 3.26. The van der Waals surface area contributed by atoms with Crippen molar-refractivity contribution in [2.45, 2.75) is 26.3 Å². The second-order valence-electron chi connectivity index (χ2n) is 5.42. The number of carbonyl (C=O) groups is 2. The number of amides is 2. The molecule has 1 aromatic rings. The van der Waals surface area contributed by atoms with E-state index in [1.165, 1.54) is 18.2 Å². The van der Waals surface area contributed by atoms with Gasteiger partial charge in [-0.3, -0.25) is 9.59 Å². The van der Waals surface area contributed by atoms with Crippen molar-refractivity contribution in [2.24, 2.45) is 5.92 Å². The van der Waals surface area contributed by atoms with Gasteiger partial charge < -0.3 is 16.0 Å². The molecule has 1 atom stereocenters. The molecule has 3 N–H and O–H groups in total. The second kappa shape index (κ2) is 11.0. The molecule has 0 aliphatic carbocycles. The van der Waals surface area contributed by atoms with Gasteiger partial charge in [0.2, 0.25) is 5.91 Å². The van der Waals surface area contributed by atoms with Crippen molar-refractivity contribution in [2.75, 3.05) is 20.1 Å². The van der Waals surface area contributed by atoms with Crippen molar-refractivity contribution in [3.63, 3.8) is 0 Å². The first kappa shape index (κ1) is 21.3. The maximum Gasteiger partial charge on any atom is 0.254 e. The summed E-state index contributed by atoms with van der Waals surface area (Å²) in [5, 5.41) is 8.38. The Morgan fingerprint density at radius 2 is 1.83 bits per heavy atom. The third-order valence-corrected chi connectivity index (χ3v) is 3.26. The van der Waals surface area contributed by atoms with E-state index < -0.39 is 17.8 Å². The minimum absolute atomic E-state index is 0. The van der Waals surface area contributed by atoms with Crippen molar-refractivity contribution in [3.8, 4) is 0 Å². The molecule has 1 aromatic carbocycles. The van der Waals surface area contributed by atoms with Crippen LogP contribution < -0.4 is 16.0 Å². The summed E-state index contributed by atoms with van der Waals surface area (Å²) in [6, 6.07) is 5.02. The van der Waals surface area contributed by atoms with Crippen molar-refractivity contribution in [1.82, 2.24) is 16.0 Å². The first-order chi connectivity index (χ1) is 10.5. The fraction of sp³-hybridized carbons (Fsp3) is 0.500. The SMILES string of the molecule is CNCCCNC(=O)C(NC(=O)c1ccccc1F)C(C)C.Cl. The van der Waals surface area contributed by atoms with Crippen molar-refractivity contribution in [1.29, 1.82) is 0 Å². The van der Waals surface area contributed by atoms with Crippen LogP contribution in [0.25, 0.3) is 0 Å². The molecule has 2 amide bonds. The molecule has 0 saturated carbocycles. The average Bonchev–Trinajstić information content (AvgIpc) is 2.49. The molecule has 1 rings (SSSR count). The normalized spacial score (nSPS) is 11.5. The monoisotopic (exact) mass is 345 g/mol. The fourth-order valence-corrected chi connectivity index (χ4v) is 1.99. The molecule has 5 nitrogen and oxygen atoms in total. The van der Waals surface area contributed by atoms with Crippen molar-refractivity contribution >= 4 is 24.2 Å². The Labute approximate surface area is 142 Å². The van der Waals surface area contributed by atoms with E-state index in [1.807, 2.05) is 20.9 Å². The molecule has 1 unspecified atom stereocenters. The standard InChI is InChI=1S/C16H24FN3O2.ClH/c1-11(2)14(16(22)19-10-6-9-18-3)20-15(21)12-7-4-5-8-13(12)17;/h4-5,7-8,11,14,18H,6,9-10H2,1-3H3,(H,19,22)(H,20,21);1H. The summed E-state index contributed by atoms with van der Waals surface area (Å²) in [7, 11) is 1.84. The van der Waals surface area contributed by atoms with Gasteiger partial charge >= 0.3 is 0 Å². The fourth-order valence-electron chi connectivity index (χ4n) is 1.99. The molecule has 0 saturated heterocycles. The van der Waals surface area contributed by atoms with E-state index >= 15 is 0 Å². The molecule has 23 heavy (non-hydrogen) atoms. The molecular formula is C16H25ClFN3O2. The number of nitrogens with one attached hydrogen (secondary N) is 3. The van der Waals surface area contributed by atoms with Crippen LogP contribution in [0.1, 0.15) is 30.6 Å². The van der Waals surface area contributed by atoms with Gasteiger partial charge in [-0.05, 0) is 38.1 Å². The summed E-state index contributed by atoms with van der Waals surface area (Å²) in [5.74, 6) is -1.53. The highest BCUT2D eigenvalue weighted by Gasteiger charge is 2.25. The quantitative estimate of drug-likeness (QED) is 0.628. The zero-order valence-electron chi connectivity index (χ0n) is 13.7. The molecule has 0 aliphatic rings. The third kappa shape index (κ3) is 6.97. The van der Waals surface area contributed by atoms with E-state index in [0.717, 1.165) is 13.0 Å². The largest absolute Gasteiger partial charge is 0.354 e. The van der Waals surface area contributed by atoms with E-state index in [-0.39, 0.29) is 29.8 Å². The van der Waals surface area contributed by atoms with E-state index in [1.54, 1.807) is 6.07 Å². The Hall–Kier alpha value is -1.66. The number of hydrogen-bond acceptors (Lipinski definition) is 3. The first-order valence-corrected chi connectivity index (χ1v) is 7.45. The van der Waals surface area contributed by atoms with Gasteiger partial charge in [-0.15, -0.1) is 12.4 Å². The first-order valence-electron chi connectivity index (χ1n) is 7.45. The zero-order chi connectivity index (χ0) is 16.5. The molecule has 0 radical (unpaired) electrons. The van der Waals surface area contributed by atoms with Gasteiger partial charge in [-0.1, -0.05) is 26.0 Å². The van der Waals surface area contributed by atoms with E-state index in [4.69, 9.17) is 0 Å². The van der Waals surface area contributed by atoms with Gasteiger partial charge in [0.25, 0.3) is 5.91 Å². The van der Waals surface area contributed by atoms with Crippen LogP contribution in [0.3, 0.4) is 0 Å². The van der Waals surface area contributed by atoms with Gasteiger partial charge in [0.05, 0.1) is 5.56 Å². The highest BCUT2D eigenvalue weighted by Crippen LogP contribution is 2.08. The van der Waals surface area contributed by atoms with E-state index in [9.17, 15) is 14.0 Å². The zero-order valence-corrected chi connectivity index (χ0v) is 14.5. The van der Waals surface area contributed by atoms with Crippen LogP contribution in [0.5, 0.6) is 0 Å². The van der Waals surface area contributed by atoms with Crippen molar-refractivity contribution in [3.05, 3.63) is 35.6 Å². The summed E-state index contributed by atoms with van der Waals surface area (Å²) in [4.78, 5) is 24.3. The summed E-state index contributed by atoms with van der Waals surface area (Å²) in [6.45, 7) is 4.99. The highest BCUT2D eigenvalue weighted by molar-refractivity contribution is 5.97. The smallest absolute Gasteiger partial charge is 0.254 e. The minimum Gasteiger partial charge on any atom is -0.354 e. The Morgan fingerprint density at radius 1 is 1.17 bits per heavy atom. The lowest BCUT2D eigenvalue weighted by Crippen LogP contribution is -2.50. The maximum absolute atomic E-state index is 13.6. The van der Waals surface area contributed by atoms with Crippen molar-refractivity contribution < 1.29 is 14.0 Å². The molecular weight excluding hydrogens is 321 g/mol. The van der Waals surface area contributed by atoms with Gasteiger partial charge in [-0.2, -0.15) is 0 Å². The lowest BCUT2D eigenvalue weighted by molar-refractivity contribution is -0.123. The van der Waals surface area contributed by atoms with Crippen LogP contribution in [0.4, 0.5) is 4.39 Å². The Balaban J connectivity index is 0.00000484. The minimum atomic E-state index is -0.693. The average molecular weight is 346 g/mol. The van der Waals surface area contributed by atoms with Gasteiger partial charge in [-0.25, -0.2) is 4.39 Å². The lowest BCUT2D eigenvalue weighted by Gasteiger charge is -2.22. The van der Waals surface area contributed by atoms with Crippen LogP contribution in [-0.4, -0.2) is 38.0 Å². The predicted octanol–water partition coefficient (Wildman–Crippen LogP) is 1.73. The molecule has 7 heteroatoms. The Kier molecular flexibility index (Phi) is 10.2. The number of rotatable bonds is 8. The van der Waals surface area contributed by atoms with E-state index in [2.05, 4.69) is 16.0 Å². The highest BCUT2D eigenvalue weighted by atomic mass is 35.5. The molecule has 0 aliphatic heterocycles. The Bertz CT molecular complexity index is 512. The number of hydrogen-bond donors (Lipinski definition) is 3. The van der Waals surface area contributed by atoms with Gasteiger partial charge in [0.1, 0.15) is 11.9 Å². The van der Waals surface area contributed by atoms with Crippen LogP contribution in [0.15, 0.2) is 24.3 Å². The molecule has 0 bridgehead atoms. The summed E-state index contributed by atoms with van der Waals surface area (Å²) in [6.07, 6.45) is 0.800. The molecule has 0 spiro atoms. The van der Waals surface area contributed by atoms with Crippen LogP contribution in [-0.2, 0) is 4.79 Å². The summed E-state index contributed by atoms with van der Waals surface area (Å²) >= 11 is 0. The van der Waals surface area contributed by atoms with Crippen LogP contribution in [0, 0.1) is 11.7 Å². The second-order valence-corrected chi connectivity index (χ2v) is 5.42. The van der Waals surface area contributed by atoms with Gasteiger partial charge in [0, 0.05) is 6.54 Å². The summed E-state index contributed by atoms with van der Waals surface area (Å²) < 4.78 is 13.6. The van der Waals surface area contributed by atoms with Crippen LogP contribution >= 0.6 is 12.4 Å². The Morgan fingerprint density at radius 3 is 2.39 bits per heavy atom. The number of halogens is 2. The molecule has 0 aromatic heterocycles. The van der Waals surface area contributed by atoms with Crippen LogP contribution in [0.2, 0.25) is 0 Å². The topological polar surface area (TPSA) is 70.2 Å². The number of carbonyl (C=O) groups excluding carboxylic acids is 2. The van der Waals surface area contributed by atoms with E-state index in [0.29, 0.717) is 6.54 Å². The maximum atomic E-state index is 13.6. The molecule has 0 heterocycles. The summed E-state index contributed by atoms with van der Waals surface area (Å²) in [5.41, 5.74) is -0.0591. The predicted molar refractivity (Wildman–Crippen MR) is 91.3 cm³/mol. The van der Waals surface area contributed by atoms with Gasteiger partial charge in [0.15, 0.2) is 0 Å². The lowest BCUT2D eigenvalue weighted by atomic mass is 10.0. The number of benzene rings is 1. The molecule has 0 fully saturated rings. The molecule has 130 valence electrons.